The molecule has 2 aliphatic heterocycles. The van der Waals surface area contributed by atoms with Crippen LogP contribution in [0.5, 0.6) is 0 Å². The van der Waals surface area contributed by atoms with Gasteiger partial charge in [0.1, 0.15) is 5.67 Å². The van der Waals surface area contributed by atoms with E-state index in [-0.39, 0.29) is 5.92 Å². The smallest absolute Gasteiger partial charge is 0.141 e. The van der Waals surface area contributed by atoms with E-state index < -0.39 is 5.67 Å². The van der Waals surface area contributed by atoms with Crippen LogP contribution in [0.25, 0.3) is 0 Å². The van der Waals surface area contributed by atoms with Crippen molar-refractivity contribution in [2.45, 2.75) is 12.2 Å². The molecule has 0 spiro atoms. The first-order valence-corrected chi connectivity index (χ1v) is 6.29. The number of halogens is 1. The lowest BCUT2D eigenvalue weighted by Crippen LogP contribution is -2.35. The molecule has 2 saturated heterocycles. The van der Waals surface area contributed by atoms with Gasteiger partial charge in [0.2, 0.25) is 0 Å². The van der Waals surface area contributed by atoms with Gasteiger partial charge in [-0.3, -0.25) is 4.90 Å². The average molecular weight is 234 g/mol. The fourth-order valence-electron chi connectivity index (χ4n) is 3.29. The van der Waals surface area contributed by atoms with Gasteiger partial charge >= 0.3 is 0 Å². The van der Waals surface area contributed by atoms with Gasteiger partial charge in [0, 0.05) is 38.6 Å². The molecule has 0 aromatic heterocycles. The second-order valence-electron chi connectivity index (χ2n) is 5.58. The van der Waals surface area contributed by atoms with Crippen molar-refractivity contribution in [3.63, 3.8) is 0 Å². The molecular weight excluding hydrogens is 215 g/mol. The fraction of sp³-hybridized carbons (Fsp3) is 0.571. The Labute approximate surface area is 102 Å². The van der Waals surface area contributed by atoms with E-state index in [4.69, 9.17) is 0 Å². The van der Waals surface area contributed by atoms with Crippen LogP contribution in [0, 0.1) is 5.92 Å². The lowest BCUT2D eigenvalue weighted by atomic mass is 9.97. The topological polar surface area (TPSA) is 6.48 Å². The number of alkyl halides is 1. The first-order valence-electron chi connectivity index (χ1n) is 6.29. The average Bonchev–Trinajstić information content (AvgIpc) is 2.69. The minimum Gasteiger partial charge on any atom is -0.303 e. The normalized spacial score (nSPS) is 34.1. The zero-order valence-corrected chi connectivity index (χ0v) is 10.3. The first-order chi connectivity index (χ1) is 8.16. The highest BCUT2D eigenvalue weighted by Gasteiger charge is 2.52. The monoisotopic (exact) mass is 234 g/mol. The maximum atomic E-state index is 14.6. The second-order valence-corrected chi connectivity index (χ2v) is 5.58. The summed E-state index contributed by atoms with van der Waals surface area (Å²) in [4.78, 5) is 4.37. The Hall–Kier alpha value is -0.930. The molecule has 2 fully saturated rings. The molecule has 0 bridgehead atoms. The molecule has 0 radical (unpaired) electrons. The maximum absolute atomic E-state index is 14.6. The molecule has 0 N–H and O–H groups in total. The van der Waals surface area contributed by atoms with Crippen LogP contribution in [0.2, 0.25) is 0 Å². The predicted molar refractivity (Wildman–Crippen MR) is 66.5 cm³/mol. The second kappa shape index (κ2) is 4.07. The summed E-state index contributed by atoms with van der Waals surface area (Å²) >= 11 is 0. The van der Waals surface area contributed by atoms with Gasteiger partial charge in [-0.05, 0) is 12.6 Å². The van der Waals surface area contributed by atoms with E-state index in [2.05, 4.69) is 21.9 Å². The summed E-state index contributed by atoms with van der Waals surface area (Å²) in [5, 5.41) is 0. The number of hydrogen-bond acceptors (Lipinski definition) is 2. The molecule has 92 valence electrons. The van der Waals surface area contributed by atoms with Crippen LogP contribution < -0.4 is 0 Å². The summed E-state index contributed by atoms with van der Waals surface area (Å²) in [5.74, 6) is 0.205. The molecule has 0 aliphatic carbocycles. The number of fused-ring (bicyclic) bond motifs is 1. The van der Waals surface area contributed by atoms with Crippen molar-refractivity contribution >= 4 is 0 Å². The summed E-state index contributed by atoms with van der Waals surface area (Å²) in [6, 6.07) is 10.3. The van der Waals surface area contributed by atoms with Crippen molar-refractivity contribution in [3.05, 3.63) is 35.9 Å². The summed E-state index contributed by atoms with van der Waals surface area (Å²) in [6.45, 7) is 3.88. The van der Waals surface area contributed by atoms with Gasteiger partial charge in [-0.1, -0.05) is 30.3 Å². The number of benzene rings is 1. The number of likely N-dealkylation sites (tertiary alicyclic amines) is 2. The Morgan fingerprint density at radius 1 is 1.24 bits per heavy atom. The van der Waals surface area contributed by atoms with Crippen LogP contribution in [-0.4, -0.2) is 48.7 Å². The van der Waals surface area contributed by atoms with Gasteiger partial charge in [-0.25, -0.2) is 4.39 Å². The van der Waals surface area contributed by atoms with Gasteiger partial charge < -0.3 is 4.90 Å². The van der Waals surface area contributed by atoms with Gasteiger partial charge in [-0.2, -0.15) is 0 Å². The Balaban J connectivity index is 1.66. The molecule has 2 heterocycles. The highest BCUT2D eigenvalue weighted by Crippen LogP contribution is 2.38. The SMILES string of the molecule is CN1C[C@@H]2CN(Cc3ccccc3)C[C@]2(F)C1. The highest BCUT2D eigenvalue weighted by atomic mass is 19.1. The summed E-state index contributed by atoms with van der Waals surface area (Å²) < 4.78 is 14.6. The van der Waals surface area contributed by atoms with Crippen molar-refractivity contribution in [1.82, 2.24) is 9.80 Å². The molecule has 2 atom stereocenters. The molecule has 1 aromatic rings. The van der Waals surface area contributed by atoms with Crippen LogP contribution in [0.3, 0.4) is 0 Å². The molecule has 3 heteroatoms. The van der Waals surface area contributed by atoms with Gasteiger partial charge in [-0.15, -0.1) is 0 Å². The summed E-state index contributed by atoms with van der Waals surface area (Å²) in [7, 11) is 2.02. The first kappa shape index (κ1) is 11.2. The van der Waals surface area contributed by atoms with E-state index in [1.54, 1.807) is 0 Å². The minimum atomic E-state index is -0.969. The van der Waals surface area contributed by atoms with Crippen LogP contribution in [-0.2, 0) is 6.54 Å². The maximum Gasteiger partial charge on any atom is 0.141 e. The third-order valence-electron chi connectivity index (χ3n) is 4.01. The predicted octanol–water partition coefficient (Wildman–Crippen LogP) is 1.77. The Kier molecular flexibility index (Phi) is 2.68. The third-order valence-corrected chi connectivity index (χ3v) is 4.01. The van der Waals surface area contributed by atoms with Gasteiger partial charge in [0.15, 0.2) is 0 Å². The van der Waals surface area contributed by atoms with Crippen molar-refractivity contribution in [2.75, 3.05) is 33.2 Å². The van der Waals surface area contributed by atoms with E-state index in [1.807, 2.05) is 25.2 Å². The third kappa shape index (κ3) is 2.09. The zero-order chi connectivity index (χ0) is 11.9. The molecule has 0 unspecified atom stereocenters. The summed E-state index contributed by atoms with van der Waals surface area (Å²) in [6.07, 6.45) is 0. The fourth-order valence-corrected chi connectivity index (χ4v) is 3.29. The van der Waals surface area contributed by atoms with E-state index in [1.165, 1.54) is 5.56 Å². The van der Waals surface area contributed by atoms with E-state index in [0.717, 1.165) is 19.6 Å². The highest BCUT2D eigenvalue weighted by molar-refractivity contribution is 5.16. The number of hydrogen-bond donors (Lipinski definition) is 0. The Bertz CT molecular complexity index is 394. The van der Waals surface area contributed by atoms with E-state index in [0.29, 0.717) is 13.1 Å². The largest absolute Gasteiger partial charge is 0.303 e. The number of rotatable bonds is 2. The Morgan fingerprint density at radius 3 is 2.71 bits per heavy atom. The van der Waals surface area contributed by atoms with Crippen molar-refractivity contribution in [3.8, 4) is 0 Å². The van der Waals surface area contributed by atoms with Crippen LogP contribution >= 0.6 is 0 Å². The molecular formula is C14H19FN2. The standard InChI is InChI=1S/C14H19FN2/c1-16-8-13-9-17(11-14(13,15)10-16)7-12-5-3-2-4-6-12/h2-6,13H,7-11H2,1H3/t13-,14-/m1/s1. The molecule has 2 nitrogen and oxygen atoms in total. The van der Waals surface area contributed by atoms with Crippen LogP contribution in [0.15, 0.2) is 30.3 Å². The van der Waals surface area contributed by atoms with Crippen LogP contribution in [0.4, 0.5) is 4.39 Å². The zero-order valence-electron chi connectivity index (χ0n) is 10.3. The van der Waals surface area contributed by atoms with Gasteiger partial charge in [0.25, 0.3) is 0 Å². The van der Waals surface area contributed by atoms with E-state index >= 15 is 0 Å². The van der Waals surface area contributed by atoms with Crippen LogP contribution in [0.1, 0.15) is 5.56 Å². The Morgan fingerprint density at radius 2 is 2.00 bits per heavy atom. The van der Waals surface area contributed by atoms with E-state index in [9.17, 15) is 4.39 Å². The molecule has 2 aliphatic rings. The quantitative estimate of drug-likeness (QED) is 0.769. The summed E-state index contributed by atoms with van der Waals surface area (Å²) in [5.41, 5.74) is 0.313. The molecule has 0 amide bonds. The lowest BCUT2D eigenvalue weighted by Gasteiger charge is -2.20. The number of nitrogens with zero attached hydrogens (tertiary/aromatic N) is 2. The van der Waals surface area contributed by atoms with Crippen molar-refractivity contribution in [1.29, 1.82) is 0 Å². The van der Waals surface area contributed by atoms with Crippen molar-refractivity contribution in [2.24, 2.45) is 5.92 Å². The lowest BCUT2D eigenvalue weighted by molar-refractivity contribution is 0.147. The molecule has 3 rings (SSSR count). The van der Waals surface area contributed by atoms with Crippen molar-refractivity contribution < 1.29 is 4.39 Å². The molecule has 1 aromatic carbocycles. The minimum absolute atomic E-state index is 0.205. The van der Waals surface area contributed by atoms with Gasteiger partial charge in [0.05, 0.1) is 0 Å². The molecule has 0 saturated carbocycles. The molecule has 17 heavy (non-hydrogen) atoms.